The molecule has 1 fully saturated rings. The van der Waals surface area contributed by atoms with Crippen molar-refractivity contribution in [1.82, 2.24) is 14.6 Å². The number of benzene rings is 1. The van der Waals surface area contributed by atoms with Crippen LogP contribution in [0, 0.1) is 5.82 Å². The zero-order valence-electron chi connectivity index (χ0n) is 14.2. The van der Waals surface area contributed by atoms with Crippen molar-refractivity contribution in [3.05, 3.63) is 46.3 Å². The molecular formula is C18H22FN4OS+. The molecule has 1 aliphatic rings. The lowest BCUT2D eigenvalue weighted by molar-refractivity contribution is -0.929. The first-order chi connectivity index (χ1) is 12.2. The van der Waals surface area contributed by atoms with E-state index in [1.807, 2.05) is 19.1 Å². The second-order valence-corrected chi connectivity index (χ2v) is 7.58. The van der Waals surface area contributed by atoms with Crippen LogP contribution in [0.3, 0.4) is 0 Å². The van der Waals surface area contributed by atoms with Crippen LogP contribution >= 0.6 is 11.3 Å². The highest BCUT2D eigenvalue weighted by atomic mass is 32.1. The summed E-state index contributed by atoms with van der Waals surface area (Å²) in [7, 11) is 0. The van der Waals surface area contributed by atoms with Gasteiger partial charge in [-0.3, -0.25) is 0 Å². The molecule has 1 atom stereocenters. The predicted octanol–water partition coefficient (Wildman–Crippen LogP) is 2.36. The maximum absolute atomic E-state index is 13.4. The fraction of sp³-hybridized carbons (Fsp3) is 0.444. The number of hydrogen-bond acceptors (Lipinski definition) is 4. The van der Waals surface area contributed by atoms with Crippen molar-refractivity contribution in [3.63, 3.8) is 0 Å². The zero-order valence-corrected chi connectivity index (χ0v) is 15.0. The number of likely N-dealkylation sites (tertiary alicyclic amines) is 1. The molecule has 0 bridgehead atoms. The van der Waals surface area contributed by atoms with E-state index in [2.05, 4.69) is 10.1 Å². The SMILES string of the molecule is CCc1nc2sc([C@@H](c3ccc(F)cc3)[NH+]3CCCCC3)c(O)n2n1. The number of nitrogens with one attached hydrogen (secondary N) is 1. The minimum Gasteiger partial charge on any atom is -0.492 e. The van der Waals surface area contributed by atoms with E-state index in [0.29, 0.717) is 4.96 Å². The number of aryl methyl sites for hydroxylation is 1. The summed E-state index contributed by atoms with van der Waals surface area (Å²) in [6.45, 7) is 4.10. The Kier molecular flexibility index (Phi) is 4.43. The van der Waals surface area contributed by atoms with E-state index in [4.69, 9.17) is 0 Å². The summed E-state index contributed by atoms with van der Waals surface area (Å²) in [5.74, 6) is 0.659. The highest BCUT2D eigenvalue weighted by Gasteiger charge is 2.33. The molecule has 132 valence electrons. The minimum absolute atomic E-state index is 0.0144. The van der Waals surface area contributed by atoms with Gasteiger partial charge in [0, 0.05) is 12.0 Å². The van der Waals surface area contributed by atoms with Gasteiger partial charge in [-0.1, -0.05) is 18.3 Å². The fourth-order valence-electron chi connectivity index (χ4n) is 3.65. The maximum Gasteiger partial charge on any atom is 0.235 e. The number of rotatable bonds is 4. The average Bonchev–Trinajstić information content (AvgIpc) is 3.18. The lowest BCUT2D eigenvalue weighted by Gasteiger charge is -2.31. The smallest absolute Gasteiger partial charge is 0.235 e. The molecule has 1 saturated heterocycles. The summed E-state index contributed by atoms with van der Waals surface area (Å²) in [4.78, 5) is 7.48. The summed E-state index contributed by atoms with van der Waals surface area (Å²) in [5, 5.41) is 15.2. The van der Waals surface area contributed by atoms with Gasteiger partial charge in [-0.05, 0) is 43.5 Å². The van der Waals surface area contributed by atoms with Crippen molar-refractivity contribution in [1.29, 1.82) is 0 Å². The van der Waals surface area contributed by atoms with Gasteiger partial charge in [0.15, 0.2) is 11.9 Å². The standard InChI is InChI=1S/C18H21FN4OS/c1-2-14-20-18-23(21-14)17(24)16(25-18)15(22-10-4-3-5-11-22)12-6-8-13(19)9-7-12/h6-9,15,24H,2-5,10-11H2,1H3/p+1/t15-/m1/s1. The Labute approximate surface area is 149 Å². The summed E-state index contributed by atoms with van der Waals surface area (Å²) >= 11 is 1.49. The third-order valence-electron chi connectivity index (χ3n) is 4.93. The molecule has 3 aromatic rings. The van der Waals surface area contributed by atoms with Crippen LogP contribution in [0.1, 0.15) is 48.5 Å². The van der Waals surface area contributed by atoms with E-state index in [1.54, 1.807) is 4.52 Å². The molecule has 2 N–H and O–H groups in total. The number of quaternary nitrogens is 1. The molecule has 4 rings (SSSR count). The van der Waals surface area contributed by atoms with Gasteiger partial charge < -0.3 is 10.0 Å². The lowest BCUT2D eigenvalue weighted by atomic mass is 10.0. The lowest BCUT2D eigenvalue weighted by Crippen LogP contribution is -3.13. The first-order valence-electron chi connectivity index (χ1n) is 8.84. The zero-order chi connectivity index (χ0) is 17.4. The number of halogens is 1. The Morgan fingerprint density at radius 2 is 1.96 bits per heavy atom. The number of fused-ring (bicyclic) bond motifs is 1. The highest BCUT2D eigenvalue weighted by molar-refractivity contribution is 7.17. The van der Waals surface area contributed by atoms with Crippen molar-refractivity contribution in [2.75, 3.05) is 13.1 Å². The van der Waals surface area contributed by atoms with E-state index in [9.17, 15) is 9.50 Å². The van der Waals surface area contributed by atoms with E-state index in [0.717, 1.165) is 35.8 Å². The van der Waals surface area contributed by atoms with Crippen LogP contribution in [0.4, 0.5) is 4.39 Å². The van der Waals surface area contributed by atoms with Crippen LogP contribution in [0.25, 0.3) is 4.96 Å². The normalized spacial score (nSPS) is 17.2. The maximum atomic E-state index is 13.4. The molecule has 5 nitrogen and oxygen atoms in total. The second kappa shape index (κ2) is 6.72. The van der Waals surface area contributed by atoms with E-state index < -0.39 is 0 Å². The van der Waals surface area contributed by atoms with Gasteiger partial charge in [0.05, 0.1) is 13.1 Å². The predicted molar refractivity (Wildman–Crippen MR) is 94.7 cm³/mol. The van der Waals surface area contributed by atoms with Crippen LogP contribution < -0.4 is 4.90 Å². The number of hydrogen-bond donors (Lipinski definition) is 2. The van der Waals surface area contributed by atoms with Crippen LogP contribution in [0.5, 0.6) is 5.88 Å². The molecular weight excluding hydrogens is 339 g/mol. The van der Waals surface area contributed by atoms with Gasteiger partial charge in [-0.15, -0.1) is 5.10 Å². The number of piperidine rings is 1. The molecule has 0 spiro atoms. The molecule has 1 aromatic carbocycles. The second-order valence-electron chi connectivity index (χ2n) is 6.57. The third kappa shape index (κ3) is 3.02. The summed E-state index contributed by atoms with van der Waals surface area (Å²) in [6.07, 6.45) is 4.34. The molecule has 25 heavy (non-hydrogen) atoms. The van der Waals surface area contributed by atoms with Gasteiger partial charge in [-0.25, -0.2) is 9.37 Å². The molecule has 0 aliphatic carbocycles. The number of thiazole rings is 1. The molecule has 2 aromatic heterocycles. The Morgan fingerprint density at radius 3 is 2.60 bits per heavy atom. The Morgan fingerprint density at radius 1 is 1.24 bits per heavy atom. The van der Waals surface area contributed by atoms with E-state index in [1.165, 1.54) is 47.6 Å². The largest absolute Gasteiger partial charge is 0.492 e. The van der Waals surface area contributed by atoms with Crippen LogP contribution in [-0.4, -0.2) is 32.8 Å². The Balaban J connectivity index is 1.80. The monoisotopic (exact) mass is 361 g/mol. The van der Waals surface area contributed by atoms with E-state index in [-0.39, 0.29) is 17.7 Å². The van der Waals surface area contributed by atoms with Crippen molar-refractivity contribution < 1.29 is 14.4 Å². The van der Waals surface area contributed by atoms with Gasteiger partial charge in [0.1, 0.15) is 10.7 Å². The third-order valence-corrected chi connectivity index (χ3v) is 6.01. The van der Waals surface area contributed by atoms with Crippen molar-refractivity contribution in [2.24, 2.45) is 0 Å². The number of aromatic hydroxyl groups is 1. The Hall–Kier alpha value is -1.99. The number of aromatic nitrogens is 3. The van der Waals surface area contributed by atoms with Gasteiger partial charge in [0.2, 0.25) is 10.8 Å². The first-order valence-corrected chi connectivity index (χ1v) is 9.66. The van der Waals surface area contributed by atoms with Crippen LogP contribution in [-0.2, 0) is 6.42 Å². The van der Waals surface area contributed by atoms with Crippen molar-refractivity contribution >= 4 is 16.3 Å². The molecule has 1 aliphatic heterocycles. The molecule has 0 unspecified atom stereocenters. The first kappa shape index (κ1) is 16.5. The highest BCUT2D eigenvalue weighted by Crippen LogP contribution is 2.35. The fourth-order valence-corrected chi connectivity index (χ4v) is 4.81. The minimum atomic E-state index is -0.240. The summed E-state index contributed by atoms with van der Waals surface area (Å²) in [5.41, 5.74) is 1.02. The quantitative estimate of drug-likeness (QED) is 0.750. The topological polar surface area (TPSA) is 54.9 Å². The molecule has 0 radical (unpaired) electrons. The number of nitrogens with zero attached hydrogens (tertiary/aromatic N) is 3. The molecule has 0 amide bonds. The summed E-state index contributed by atoms with van der Waals surface area (Å²) < 4.78 is 14.9. The van der Waals surface area contributed by atoms with Gasteiger partial charge in [0.25, 0.3) is 0 Å². The van der Waals surface area contributed by atoms with Gasteiger partial charge >= 0.3 is 0 Å². The van der Waals surface area contributed by atoms with Gasteiger partial charge in [-0.2, -0.15) is 4.52 Å². The Bertz CT molecular complexity index is 867. The van der Waals surface area contributed by atoms with Crippen molar-refractivity contribution in [2.45, 2.75) is 38.6 Å². The average molecular weight is 361 g/mol. The molecule has 7 heteroatoms. The summed E-state index contributed by atoms with van der Waals surface area (Å²) in [6, 6.07) is 6.63. The van der Waals surface area contributed by atoms with Crippen LogP contribution in [0.15, 0.2) is 24.3 Å². The van der Waals surface area contributed by atoms with E-state index >= 15 is 0 Å². The van der Waals surface area contributed by atoms with Crippen molar-refractivity contribution in [3.8, 4) is 5.88 Å². The molecule has 3 heterocycles. The van der Waals surface area contributed by atoms with Crippen LogP contribution in [0.2, 0.25) is 0 Å². The molecule has 0 saturated carbocycles.